The Morgan fingerprint density at radius 3 is 2.50 bits per heavy atom. The second-order valence-corrected chi connectivity index (χ2v) is 4.05. The van der Waals surface area contributed by atoms with Gasteiger partial charge in [-0.25, -0.2) is 4.79 Å². The van der Waals surface area contributed by atoms with Crippen LogP contribution in [0.1, 0.15) is 18.4 Å². The molecule has 3 heteroatoms. The molecule has 1 aliphatic rings. The van der Waals surface area contributed by atoms with Crippen LogP contribution in [0, 0.1) is 0 Å². The quantitative estimate of drug-likeness (QED) is 0.767. The van der Waals surface area contributed by atoms with Gasteiger partial charge in [-0.05, 0) is 36.1 Å². The number of carbonyl (C=O) groups excluding carboxylic acids is 1. The van der Waals surface area contributed by atoms with Gasteiger partial charge in [-0.1, -0.05) is 24.3 Å². The number of ether oxygens (including phenoxy) is 2. The zero-order valence-corrected chi connectivity index (χ0v) is 10.6. The molecule has 1 aromatic rings. The highest BCUT2D eigenvalue weighted by atomic mass is 16.5. The molecule has 0 spiro atoms. The van der Waals surface area contributed by atoms with Gasteiger partial charge in [0.1, 0.15) is 5.75 Å². The molecule has 0 aliphatic heterocycles. The lowest BCUT2D eigenvalue weighted by Gasteiger charge is -2.14. The van der Waals surface area contributed by atoms with Crippen molar-refractivity contribution in [2.24, 2.45) is 0 Å². The number of hydrogen-bond donors (Lipinski definition) is 0. The number of methoxy groups -OCH3 is 2. The number of rotatable bonds is 3. The Morgan fingerprint density at radius 1 is 1.17 bits per heavy atom. The van der Waals surface area contributed by atoms with Crippen molar-refractivity contribution in [1.82, 2.24) is 0 Å². The molecule has 1 aromatic carbocycles. The van der Waals surface area contributed by atoms with Gasteiger partial charge < -0.3 is 9.47 Å². The first kappa shape index (κ1) is 12.4. The van der Waals surface area contributed by atoms with E-state index in [0.717, 1.165) is 35.3 Å². The van der Waals surface area contributed by atoms with E-state index in [9.17, 15) is 4.79 Å². The van der Waals surface area contributed by atoms with E-state index in [2.05, 4.69) is 6.08 Å². The van der Waals surface area contributed by atoms with Gasteiger partial charge >= 0.3 is 5.97 Å². The smallest absolute Gasteiger partial charge is 0.334 e. The molecule has 0 radical (unpaired) electrons. The number of carbonyl (C=O) groups is 1. The third-order valence-corrected chi connectivity index (χ3v) is 3.00. The number of benzene rings is 1. The van der Waals surface area contributed by atoms with Gasteiger partial charge in [0, 0.05) is 5.57 Å². The third kappa shape index (κ3) is 2.45. The van der Waals surface area contributed by atoms with E-state index in [1.54, 1.807) is 7.11 Å². The molecule has 0 aromatic heterocycles. The molecule has 0 saturated heterocycles. The molecule has 0 unspecified atom stereocenters. The minimum atomic E-state index is -0.245. The second kappa shape index (κ2) is 5.54. The predicted octanol–water partition coefficient (Wildman–Crippen LogP) is 2.97. The summed E-state index contributed by atoms with van der Waals surface area (Å²) in [7, 11) is 3.05. The number of allylic oxidation sites excluding steroid dienone is 3. The third-order valence-electron chi connectivity index (χ3n) is 3.00. The van der Waals surface area contributed by atoms with Crippen LogP contribution in [-0.4, -0.2) is 20.2 Å². The fraction of sp³-hybridized carbons (Fsp3) is 0.267. The molecule has 0 amide bonds. The summed E-state index contributed by atoms with van der Waals surface area (Å²) in [6.07, 6.45) is 5.66. The van der Waals surface area contributed by atoms with Crippen LogP contribution in [0.25, 0.3) is 5.57 Å². The molecule has 0 atom stereocenters. The molecule has 2 rings (SSSR count). The van der Waals surface area contributed by atoms with Crippen LogP contribution in [0.4, 0.5) is 0 Å². The van der Waals surface area contributed by atoms with Gasteiger partial charge in [-0.3, -0.25) is 0 Å². The van der Waals surface area contributed by atoms with Gasteiger partial charge in [0.15, 0.2) is 0 Å². The Morgan fingerprint density at radius 2 is 1.89 bits per heavy atom. The molecule has 0 fully saturated rings. The lowest BCUT2D eigenvalue weighted by atomic mass is 9.92. The summed E-state index contributed by atoms with van der Waals surface area (Å²) >= 11 is 0. The van der Waals surface area contributed by atoms with Crippen LogP contribution in [0.15, 0.2) is 42.0 Å². The lowest BCUT2D eigenvalue weighted by molar-refractivity contribution is -0.136. The number of esters is 1. The van der Waals surface area contributed by atoms with Crippen LogP contribution < -0.4 is 4.74 Å². The minimum Gasteiger partial charge on any atom is -0.497 e. The molecule has 0 saturated carbocycles. The Kier molecular flexibility index (Phi) is 3.82. The normalized spacial score (nSPS) is 14.6. The Balaban J connectivity index is 2.41. The van der Waals surface area contributed by atoms with Crippen molar-refractivity contribution >= 4 is 11.5 Å². The van der Waals surface area contributed by atoms with E-state index in [-0.39, 0.29) is 5.97 Å². The van der Waals surface area contributed by atoms with Crippen LogP contribution >= 0.6 is 0 Å². The van der Waals surface area contributed by atoms with E-state index in [1.165, 1.54) is 7.11 Å². The van der Waals surface area contributed by atoms with Crippen molar-refractivity contribution in [3.63, 3.8) is 0 Å². The fourth-order valence-corrected chi connectivity index (χ4v) is 2.04. The first-order valence-electron chi connectivity index (χ1n) is 5.88. The fourth-order valence-electron chi connectivity index (χ4n) is 2.04. The number of hydrogen-bond acceptors (Lipinski definition) is 3. The van der Waals surface area contributed by atoms with Crippen LogP contribution in [-0.2, 0) is 9.53 Å². The highest BCUT2D eigenvalue weighted by Gasteiger charge is 2.17. The molecule has 94 valence electrons. The van der Waals surface area contributed by atoms with Crippen molar-refractivity contribution in [3.05, 3.63) is 47.6 Å². The van der Waals surface area contributed by atoms with E-state index in [1.807, 2.05) is 30.3 Å². The molecule has 1 aliphatic carbocycles. The maximum atomic E-state index is 11.7. The van der Waals surface area contributed by atoms with Gasteiger partial charge in [0.05, 0.1) is 14.2 Å². The first-order valence-corrected chi connectivity index (χ1v) is 5.88. The second-order valence-electron chi connectivity index (χ2n) is 4.05. The van der Waals surface area contributed by atoms with Crippen LogP contribution in [0.5, 0.6) is 5.75 Å². The zero-order chi connectivity index (χ0) is 13.0. The standard InChI is InChI=1S/C15H16O3/c1-17-12-9-7-11(8-10-12)13-5-3-4-6-14(13)15(16)18-2/h3,5,7-10H,4,6H2,1-2H3. The molecule has 3 nitrogen and oxygen atoms in total. The summed E-state index contributed by atoms with van der Waals surface area (Å²) in [5.41, 5.74) is 2.69. The molecule has 0 bridgehead atoms. The average Bonchev–Trinajstić information content (AvgIpc) is 2.46. The van der Waals surface area contributed by atoms with E-state index >= 15 is 0 Å². The Bertz CT molecular complexity index is 495. The Hall–Kier alpha value is -2.03. The maximum absolute atomic E-state index is 11.7. The predicted molar refractivity (Wildman–Crippen MR) is 70.3 cm³/mol. The SMILES string of the molecule is COC(=O)C1=C(c2ccc(OC)cc2)C=CCC1. The van der Waals surface area contributed by atoms with Gasteiger partial charge in [0.25, 0.3) is 0 Å². The molecular weight excluding hydrogens is 228 g/mol. The summed E-state index contributed by atoms with van der Waals surface area (Å²) in [5.74, 6) is 0.559. The minimum absolute atomic E-state index is 0.245. The van der Waals surface area contributed by atoms with E-state index in [0.29, 0.717) is 0 Å². The highest BCUT2D eigenvalue weighted by Crippen LogP contribution is 2.29. The molecule has 18 heavy (non-hydrogen) atoms. The monoisotopic (exact) mass is 244 g/mol. The van der Waals surface area contributed by atoms with Crippen LogP contribution in [0.2, 0.25) is 0 Å². The van der Waals surface area contributed by atoms with Crippen molar-refractivity contribution < 1.29 is 14.3 Å². The van der Waals surface area contributed by atoms with Crippen molar-refractivity contribution in [1.29, 1.82) is 0 Å². The van der Waals surface area contributed by atoms with Gasteiger partial charge in [0.2, 0.25) is 0 Å². The molecule has 0 heterocycles. The van der Waals surface area contributed by atoms with E-state index in [4.69, 9.17) is 9.47 Å². The van der Waals surface area contributed by atoms with E-state index < -0.39 is 0 Å². The average molecular weight is 244 g/mol. The Labute approximate surface area is 107 Å². The molecular formula is C15H16O3. The summed E-state index contributed by atoms with van der Waals surface area (Å²) in [5, 5.41) is 0. The highest BCUT2D eigenvalue weighted by molar-refractivity contribution is 6.00. The van der Waals surface area contributed by atoms with Gasteiger partial charge in [-0.2, -0.15) is 0 Å². The summed E-state index contributed by atoms with van der Waals surface area (Å²) in [4.78, 5) is 11.7. The van der Waals surface area contributed by atoms with Gasteiger partial charge in [-0.15, -0.1) is 0 Å². The largest absolute Gasteiger partial charge is 0.497 e. The lowest BCUT2D eigenvalue weighted by Crippen LogP contribution is -2.09. The van der Waals surface area contributed by atoms with Crippen molar-refractivity contribution in [2.75, 3.05) is 14.2 Å². The molecule has 0 N–H and O–H groups in total. The summed E-state index contributed by atoms with van der Waals surface area (Å²) in [6.45, 7) is 0. The van der Waals surface area contributed by atoms with Crippen LogP contribution in [0.3, 0.4) is 0 Å². The summed E-state index contributed by atoms with van der Waals surface area (Å²) < 4.78 is 9.96. The maximum Gasteiger partial charge on any atom is 0.334 e. The topological polar surface area (TPSA) is 35.5 Å². The zero-order valence-electron chi connectivity index (χ0n) is 10.6. The summed E-state index contributed by atoms with van der Waals surface area (Å²) in [6, 6.07) is 7.68. The van der Waals surface area contributed by atoms with Crippen molar-refractivity contribution in [3.8, 4) is 5.75 Å². The first-order chi connectivity index (χ1) is 8.76. The van der Waals surface area contributed by atoms with Crippen molar-refractivity contribution in [2.45, 2.75) is 12.8 Å².